The number of hydrogen-bond donors (Lipinski definition) is 5. The van der Waals surface area contributed by atoms with Gasteiger partial charge in [0.25, 0.3) is 11.8 Å². The Bertz CT molecular complexity index is 2290. The molecule has 0 aliphatic heterocycles. The van der Waals surface area contributed by atoms with E-state index < -0.39 is 0 Å². The SMILES string of the molecule is CSc1cnc(NC[C@H](C)CNc2nc3ccc(C(=O)NCCN(C)CCSc4cnc(NC[C@H](C)CNc5nc6ccc(C(=O)N(C)C)cc6s5)nc4)cc3s2)nc1. The van der Waals surface area contributed by atoms with Crippen molar-refractivity contribution in [2.75, 3.05) is 100 Å². The van der Waals surface area contributed by atoms with Gasteiger partial charge in [-0.05, 0) is 61.5 Å². The number of thioether (sulfide) groups is 2. The van der Waals surface area contributed by atoms with E-state index in [0.29, 0.717) is 47.9 Å². The molecule has 19 heteroatoms. The average Bonchev–Trinajstić information content (AvgIpc) is 3.86. The highest BCUT2D eigenvalue weighted by Crippen LogP contribution is 2.28. The highest BCUT2D eigenvalue weighted by molar-refractivity contribution is 7.99. The average molecular weight is 874 g/mol. The first-order chi connectivity index (χ1) is 28.5. The first-order valence-corrected chi connectivity index (χ1v) is 23.1. The van der Waals surface area contributed by atoms with Crippen LogP contribution < -0.4 is 26.6 Å². The summed E-state index contributed by atoms with van der Waals surface area (Å²) < 4.78 is 1.95. The molecule has 4 heterocycles. The van der Waals surface area contributed by atoms with E-state index in [-0.39, 0.29) is 11.8 Å². The fourth-order valence-electron chi connectivity index (χ4n) is 5.62. The third-order valence-corrected chi connectivity index (χ3v) is 12.7. The molecule has 6 aromatic rings. The third-order valence-electron chi connectivity index (χ3n) is 9.13. The predicted octanol–water partition coefficient (Wildman–Crippen LogP) is 6.68. The number of hydrogen-bond acceptors (Lipinski definition) is 17. The van der Waals surface area contributed by atoms with Crippen molar-refractivity contribution in [1.82, 2.24) is 45.0 Å². The lowest BCUT2D eigenvalue weighted by Crippen LogP contribution is -2.33. The summed E-state index contributed by atoms with van der Waals surface area (Å²) in [6.45, 7) is 9.34. The van der Waals surface area contributed by atoms with Crippen molar-refractivity contribution in [1.29, 1.82) is 0 Å². The van der Waals surface area contributed by atoms with Crippen molar-refractivity contribution in [3.05, 3.63) is 72.3 Å². The number of fused-ring (bicyclic) bond motifs is 2. The van der Waals surface area contributed by atoms with Gasteiger partial charge in [0, 0.05) is 111 Å². The summed E-state index contributed by atoms with van der Waals surface area (Å²) in [4.78, 5) is 58.2. The lowest BCUT2D eigenvalue weighted by molar-refractivity contribution is 0.0827. The smallest absolute Gasteiger partial charge is 0.253 e. The Balaban J connectivity index is 0.835. The monoisotopic (exact) mass is 873 g/mol. The number of carbonyl (C=O) groups is 2. The van der Waals surface area contributed by atoms with Crippen LogP contribution in [-0.4, -0.2) is 130 Å². The van der Waals surface area contributed by atoms with Crippen LogP contribution in [0, 0.1) is 11.8 Å². The molecule has 0 unspecified atom stereocenters. The molecular weight excluding hydrogens is 823 g/mol. The maximum absolute atomic E-state index is 13.0. The van der Waals surface area contributed by atoms with Crippen molar-refractivity contribution in [2.24, 2.45) is 11.8 Å². The largest absolute Gasteiger partial charge is 0.361 e. The van der Waals surface area contributed by atoms with Crippen molar-refractivity contribution < 1.29 is 9.59 Å². The summed E-state index contributed by atoms with van der Waals surface area (Å²) in [6.07, 6.45) is 9.34. The normalized spacial score (nSPS) is 12.4. The topological polar surface area (TPSA) is 178 Å². The van der Waals surface area contributed by atoms with Gasteiger partial charge in [-0.15, -0.1) is 23.5 Å². The van der Waals surface area contributed by atoms with E-state index in [1.807, 2.05) is 67.4 Å². The quantitative estimate of drug-likeness (QED) is 0.0456. The van der Waals surface area contributed by atoms with Gasteiger partial charge in [-0.25, -0.2) is 29.9 Å². The maximum Gasteiger partial charge on any atom is 0.253 e. The second kappa shape index (κ2) is 21.4. The number of anilines is 4. The number of carbonyl (C=O) groups excluding carboxylic acids is 2. The van der Waals surface area contributed by atoms with Gasteiger partial charge in [-0.2, -0.15) is 0 Å². The van der Waals surface area contributed by atoms with Gasteiger partial charge < -0.3 is 36.4 Å². The zero-order valence-electron chi connectivity index (χ0n) is 34.1. The lowest BCUT2D eigenvalue weighted by atomic mass is 10.2. The Hall–Kier alpha value is -4.82. The highest BCUT2D eigenvalue weighted by atomic mass is 32.2. The minimum atomic E-state index is -0.0938. The first kappa shape index (κ1) is 43.8. The predicted molar refractivity (Wildman–Crippen MR) is 246 cm³/mol. The van der Waals surface area contributed by atoms with Crippen molar-refractivity contribution in [3.8, 4) is 0 Å². The van der Waals surface area contributed by atoms with Gasteiger partial charge >= 0.3 is 0 Å². The van der Waals surface area contributed by atoms with E-state index in [9.17, 15) is 9.59 Å². The number of nitrogens with one attached hydrogen (secondary N) is 5. The molecule has 0 bridgehead atoms. The number of thiazole rings is 2. The first-order valence-electron chi connectivity index (χ1n) is 19.3. The summed E-state index contributed by atoms with van der Waals surface area (Å²) in [6, 6.07) is 11.3. The molecule has 4 aromatic heterocycles. The molecule has 0 aliphatic rings. The van der Waals surface area contributed by atoms with Crippen LogP contribution in [0.5, 0.6) is 0 Å². The summed E-state index contributed by atoms with van der Waals surface area (Å²) in [5.74, 6) is 2.59. The standard InChI is InChI=1S/C40H51N13O2S4/c1-25(17-42-37-44-21-29(56-6)22-45-37)19-48-39-50-31-9-7-27(15-33(31)58-39)35(54)41-11-12-53(5)13-14-57-30-23-46-38(47-24-30)43-18-26(2)20-49-40-51-32-10-8-28(16-34(32)59-40)36(55)52(3)4/h7-10,15-16,21-26H,11-14,17-20H2,1-6H3,(H,41,54)(H,48,50)(H,49,51)(H,42,44,45)(H,43,46,47)/t25-,26-/m0/s1. The van der Waals surface area contributed by atoms with E-state index >= 15 is 0 Å². The Morgan fingerprint density at radius 2 is 1.20 bits per heavy atom. The van der Waals surface area contributed by atoms with Crippen LogP contribution >= 0.6 is 46.2 Å². The molecule has 0 saturated heterocycles. The summed E-state index contributed by atoms with van der Waals surface area (Å²) >= 11 is 6.41. The van der Waals surface area contributed by atoms with E-state index in [1.165, 1.54) is 0 Å². The van der Waals surface area contributed by atoms with E-state index in [1.54, 1.807) is 65.2 Å². The fourth-order valence-corrected chi connectivity index (χ4v) is 8.65. The molecule has 2 atom stereocenters. The van der Waals surface area contributed by atoms with Crippen LogP contribution in [0.1, 0.15) is 34.6 Å². The Morgan fingerprint density at radius 1 is 0.695 bits per heavy atom. The Labute approximate surface area is 361 Å². The zero-order valence-corrected chi connectivity index (χ0v) is 37.4. The Kier molecular flexibility index (Phi) is 15.9. The summed E-state index contributed by atoms with van der Waals surface area (Å²) in [5.41, 5.74) is 3.03. The molecule has 59 heavy (non-hydrogen) atoms. The zero-order chi connectivity index (χ0) is 41.7. The molecule has 0 saturated carbocycles. The molecule has 15 nitrogen and oxygen atoms in total. The molecule has 0 radical (unpaired) electrons. The van der Waals surface area contributed by atoms with Crippen LogP contribution in [0.25, 0.3) is 20.4 Å². The molecule has 0 fully saturated rings. The van der Waals surface area contributed by atoms with Gasteiger partial charge in [-0.3, -0.25) is 9.59 Å². The molecule has 312 valence electrons. The molecule has 2 amide bonds. The van der Waals surface area contributed by atoms with Crippen LogP contribution in [0.2, 0.25) is 0 Å². The van der Waals surface area contributed by atoms with E-state index in [0.717, 1.165) is 79.0 Å². The van der Waals surface area contributed by atoms with Crippen molar-refractivity contribution >= 4 is 101 Å². The highest BCUT2D eigenvalue weighted by Gasteiger charge is 2.14. The number of nitrogens with zero attached hydrogens (tertiary/aromatic N) is 8. The number of benzene rings is 2. The van der Waals surface area contributed by atoms with Gasteiger partial charge in [-0.1, -0.05) is 36.5 Å². The molecule has 6 rings (SSSR count). The summed E-state index contributed by atoms with van der Waals surface area (Å²) in [7, 11) is 5.56. The van der Waals surface area contributed by atoms with Crippen LogP contribution in [0.15, 0.2) is 71.0 Å². The number of likely N-dealkylation sites (N-methyl/N-ethyl adjacent to an activating group) is 1. The molecular formula is C40H51N13O2S4. The Morgan fingerprint density at radius 3 is 1.75 bits per heavy atom. The molecule has 5 N–H and O–H groups in total. The van der Waals surface area contributed by atoms with Gasteiger partial charge in [0.1, 0.15) is 0 Å². The fraction of sp³-hybridized carbons (Fsp3) is 0.400. The number of rotatable bonds is 22. The van der Waals surface area contributed by atoms with Gasteiger partial charge in [0.2, 0.25) is 11.9 Å². The van der Waals surface area contributed by atoms with E-state index in [2.05, 4.69) is 77.3 Å². The van der Waals surface area contributed by atoms with Crippen LogP contribution in [0.4, 0.5) is 22.2 Å². The van der Waals surface area contributed by atoms with E-state index in [4.69, 9.17) is 4.98 Å². The summed E-state index contributed by atoms with van der Waals surface area (Å²) in [5, 5.41) is 18.2. The number of aromatic nitrogens is 6. The van der Waals surface area contributed by atoms with Gasteiger partial charge in [0.05, 0.1) is 20.4 Å². The van der Waals surface area contributed by atoms with Crippen LogP contribution in [-0.2, 0) is 0 Å². The van der Waals surface area contributed by atoms with Gasteiger partial charge in [0.15, 0.2) is 10.3 Å². The molecule has 0 aliphatic carbocycles. The molecule has 2 aromatic carbocycles. The van der Waals surface area contributed by atoms with Crippen LogP contribution in [0.3, 0.4) is 0 Å². The second-order valence-electron chi connectivity index (χ2n) is 14.4. The lowest BCUT2D eigenvalue weighted by Gasteiger charge is -2.16. The van der Waals surface area contributed by atoms with Crippen molar-refractivity contribution in [3.63, 3.8) is 0 Å². The minimum absolute atomic E-state index is 0.0201. The maximum atomic E-state index is 13.0. The number of amides is 2. The van der Waals surface area contributed by atoms with Crippen molar-refractivity contribution in [2.45, 2.75) is 23.6 Å². The molecule has 0 spiro atoms. The third kappa shape index (κ3) is 13.1. The minimum Gasteiger partial charge on any atom is -0.361 e. The second-order valence-corrected chi connectivity index (χ2v) is 18.5.